The second kappa shape index (κ2) is 9.69. The number of fused-ring (bicyclic) bond motifs is 1. The number of ether oxygens (including phenoxy) is 1. The Balaban J connectivity index is 1.39. The number of aliphatic hydroxyl groups excluding tert-OH is 1. The first-order valence-electron chi connectivity index (χ1n) is 12.5. The number of aromatic nitrogens is 4. The topological polar surface area (TPSA) is 142 Å². The summed E-state index contributed by atoms with van der Waals surface area (Å²) in [6, 6.07) is 1.54. The lowest BCUT2D eigenvalue weighted by Gasteiger charge is -2.42. The summed E-state index contributed by atoms with van der Waals surface area (Å²) in [7, 11) is -3.95. The zero-order chi connectivity index (χ0) is 27.5. The summed E-state index contributed by atoms with van der Waals surface area (Å²) in [4.78, 5) is 20.9. The van der Waals surface area contributed by atoms with E-state index in [2.05, 4.69) is 19.9 Å². The lowest BCUT2D eigenvalue weighted by Crippen LogP contribution is -2.58. The molecule has 3 aromatic heterocycles. The largest absolute Gasteiger partial charge is 0.396 e. The fourth-order valence-corrected chi connectivity index (χ4v) is 6.96. The predicted molar refractivity (Wildman–Crippen MR) is 136 cm³/mol. The Bertz CT molecular complexity index is 1520. The minimum Gasteiger partial charge on any atom is -0.396 e. The van der Waals surface area contributed by atoms with E-state index in [1.165, 1.54) is 22.9 Å². The number of alkyl halides is 2. The van der Waals surface area contributed by atoms with E-state index in [-0.39, 0.29) is 47.3 Å². The number of carbonyl (C=O) groups is 1. The molecule has 3 aromatic rings. The maximum absolute atomic E-state index is 13.4. The molecule has 210 valence electrons. The summed E-state index contributed by atoms with van der Waals surface area (Å²) in [5, 5.41) is 16.3. The van der Waals surface area contributed by atoms with Crippen LogP contribution < -0.4 is 9.62 Å². The molecule has 16 heteroatoms. The molecule has 0 bridgehead atoms. The molecule has 2 aliphatic heterocycles. The average molecular weight is 584 g/mol. The maximum atomic E-state index is 13.4. The molecule has 3 aliphatic rings. The van der Waals surface area contributed by atoms with E-state index < -0.39 is 33.1 Å². The number of hydrogen-bond donors (Lipinski definition) is 2. The van der Waals surface area contributed by atoms with E-state index in [1.54, 1.807) is 4.90 Å². The van der Waals surface area contributed by atoms with E-state index in [0.717, 1.165) is 12.8 Å². The molecule has 1 saturated carbocycles. The molecule has 39 heavy (non-hydrogen) atoms. The minimum atomic E-state index is -3.95. The van der Waals surface area contributed by atoms with Crippen LogP contribution in [0.15, 0.2) is 23.4 Å². The van der Waals surface area contributed by atoms with E-state index in [0.29, 0.717) is 42.2 Å². The number of rotatable bonds is 8. The molecule has 2 N–H and O–H groups in total. The van der Waals surface area contributed by atoms with Crippen LogP contribution in [0, 0.1) is 5.92 Å². The number of likely N-dealkylation sites (tertiary alicyclic amines) is 1. The summed E-state index contributed by atoms with van der Waals surface area (Å²) in [6.45, 7) is 3.58. The monoisotopic (exact) mass is 583 g/mol. The summed E-state index contributed by atoms with van der Waals surface area (Å²) >= 11 is 0.685. The highest BCUT2D eigenvalue weighted by Gasteiger charge is 2.42. The Morgan fingerprint density at radius 3 is 2.74 bits per heavy atom. The number of imidazole rings is 1. The van der Waals surface area contributed by atoms with Crippen LogP contribution >= 0.6 is 11.3 Å². The van der Waals surface area contributed by atoms with E-state index in [1.807, 2.05) is 11.8 Å². The van der Waals surface area contributed by atoms with Crippen LogP contribution in [0.1, 0.15) is 31.2 Å². The number of aliphatic hydroxyl groups is 1. The third-order valence-corrected chi connectivity index (χ3v) is 9.85. The minimum absolute atomic E-state index is 0.0186. The maximum Gasteiger partial charge on any atom is 0.291 e. The van der Waals surface area contributed by atoms with Crippen LogP contribution in [0.4, 0.5) is 14.5 Å². The van der Waals surface area contributed by atoms with E-state index >= 15 is 0 Å². The standard InChI is InChI=1S/C23H27F2N7O5S2/c1-23(2-3-23)29-39(35,36)14-6-15(30-4-5-37-17(11-30)22(34)31-8-13(9-31)12-33)16-7-26-19(32(16)10-14)21-28-27-20(38-21)18(24)25/h6-7,10,13,17-18,29,33H,2-5,8-9,11-12H2,1H3/t17-/m1/s1. The van der Waals surface area contributed by atoms with Crippen molar-refractivity contribution in [2.45, 2.75) is 42.7 Å². The van der Waals surface area contributed by atoms with Gasteiger partial charge in [0.2, 0.25) is 10.0 Å². The molecule has 12 nitrogen and oxygen atoms in total. The van der Waals surface area contributed by atoms with Gasteiger partial charge in [0.15, 0.2) is 21.9 Å². The zero-order valence-corrected chi connectivity index (χ0v) is 22.6. The van der Waals surface area contributed by atoms with Crippen molar-refractivity contribution < 1.29 is 31.8 Å². The lowest BCUT2D eigenvalue weighted by molar-refractivity contribution is -0.151. The fraction of sp³-hybridized carbons (Fsp3) is 0.565. The Morgan fingerprint density at radius 1 is 1.31 bits per heavy atom. The Hall–Kier alpha value is -2.79. The summed E-state index contributed by atoms with van der Waals surface area (Å²) in [6.07, 6.45) is 0.810. The van der Waals surface area contributed by atoms with Gasteiger partial charge in [-0.25, -0.2) is 26.9 Å². The van der Waals surface area contributed by atoms with Gasteiger partial charge in [-0.1, -0.05) is 11.3 Å². The first-order valence-corrected chi connectivity index (χ1v) is 14.8. The van der Waals surface area contributed by atoms with Gasteiger partial charge in [-0.3, -0.25) is 9.20 Å². The number of halogens is 2. The van der Waals surface area contributed by atoms with Crippen LogP contribution in [0.3, 0.4) is 0 Å². The van der Waals surface area contributed by atoms with E-state index in [9.17, 15) is 27.1 Å². The number of nitrogens with zero attached hydrogens (tertiary/aromatic N) is 6. The number of hydrogen-bond acceptors (Lipinski definition) is 10. The van der Waals surface area contributed by atoms with Crippen molar-refractivity contribution in [2.24, 2.45) is 5.92 Å². The molecule has 2 saturated heterocycles. The molecule has 0 radical (unpaired) electrons. The first-order chi connectivity index (χ1) is 18.6. The van der Waals surface area contributed by atoms with Gasteiger partial charge in [0.1, 0.15) is 4.90 Å². The van der Waals surface area contributed by atoms with Crippen LogP contribution in [-0.4, -0.2) is 94.9 Å². The third-order valence-electron chi connectivity index (χ3n) is 7.31. The molecule has 5 heterocycles. The molecule has 1 amide bonds. The molecule has 0 unspecified atom stereocenters. The van der Waals surface area contributed by atoms with Crippen molar-refractivity contribution in [1.82, 2.24) is 29.2 Å². The van der Waals surface area contributed by atoms with Crippen molar-refractivity contribution in [1.29, 1.82) is 0 Å². The number of amides is 1. The average Bonchev–Trinajstić information content (AvgIpc) is 3.25. The number of sulfonamides is 1. The van der Waals surface area contributed by atoms with Crippen LogP contribution in [0.2, 0.25) is 0 Å². The molecular weight excluding hydrogens is 556 g/mol. The third kappa shape index (κ3) is 4.99. The normalized spacial score (nSPS) is 21.5. The molecule has 0 spiro atoms. The van der Waals surface area contributed by atoms with Gasteiger partial charge in [-0.2, -0.15) is 0 Å². The smallest absolute Gasteiger partial charge is 0.291 e. The summed E-state index contributed by atoms with van der Waals surface area (Å²) in [5.74, 6) is 0.0593. The van der Waals surface area contributed by atoms with Gasteiger partial charge in [-0.05, 0) is 25.8 Å². The second-order valence-electron chi connectivity index (χ2n) is 10.4. The van der Waals surface area contributed by atoms with Gasteiger partial charge in [0.25, 0.3) is 12.3 Å². The SMILES string of the molecule is CC1(NS(=O)(=O)c2cc(N3CCO[C@@H](C(=O)N4CC(CO)C4)C3)c3cnc(-c4nnc(C(F)F)s4)n3c2)CC1. The molecule has 3 fully saturated rings. The van der Waals surface area contributed by atoms with Crippen molar-refractivity contribution >= 4 is 38.5 Å². The predicted octanol–water partition coefficient (Wildman–Crippen LogP) is 1.28. The number of morpholine rings is 1. The highest BCUT2D eigenvalue weighted by Crippen LogP contribution is 2.38. The summed E-state index contributed by atoms with van der Waals surface area (Å²) < 4.78 is 63.2. The quantitative estimate of drug-likeness (QED) is 0.401. The highest BCUT2D eigenvalue weighted by atomic mass is 32.2. The lowest BCUT2D eigenvalue weighted by atomic mass is 10.0. The number of nitrogens with one attached hydrogen (secondary N) is 1. The van der Waals surface area contributed by atoms with Crippen LogP contribution in [-0.2, 0) is 19.6 Å². The Labute approximate surface area is 226 Å². The van der Waals surface area contributed by atoms with Crippen molar-refractivity contribution in [2.75, 3.05) is 44.3 Å². The van der Waals surface area contributed by atoms with Gasteiger partial charge >= 0.3 is 0 Å². The van der Waals surface area contributed by atoms with Crippen molar-refractivity contribution in [3.8, 4) is 10.8 Å². The molecular formula is C23H27F2N7O5S2. The van der Waals surface area contributed by atoms with Gasteiger partial charge in [-0.15, -0.1) is 10.2 Å². The number of carbonyl (C=O) groups excluding carboxylic acids is 1. The zero-order valence-electron chi connectivity index (χ0n) is 21.0. The summed E-state index contributed by atoms with van der Waals surface area (Å²) in [5.41, 5.74) is 0.513. The Morgan fingerprint density at radius 2 is 2.08 bits per heavy atom. The highest BCUT2D eigenvalue weighted by molar-refractivity contribution is 7.89. The van der Waals surface area contributed by atoms with Gasteiger partial charge in [0, 0.05) is 43.9 Å². The van der Waals surface area contributed by atoms with Gasteiger partial charge in [0.05, 0.1) is 30.6 Å². The molecule has 1 aliphatic carbocycles. The van der Waals surface area contributed by atoms with Crippen LogP contribution in [0.5, 0.6) is 0 Å². The molecule has 6 rings (SSSR count). The fourth-order valence-electron chi connectivity index (χ4n) is 4.79. The van der Waals surface area contributed by atoms with E-state index in [4.69, 9.17) is 4.74 Å². The van der Waals surface area contributed by atoms with Crippen LogP contribution in [0.25, 0.3) is 16.3 Å². The van der Waals surface area contributed by atoms with Crippen molar-refractivity contribution in [3.63, 3.8) is 0 Å². The molecule has 1 atom stereocenters. The van der Waals surface area contributed by atoms with Crippen molar-refractivity contribution in [3.05, 3.63) is 23.5 Å². The number of pyridine rings is 1. The van der Waals surface area contributed by atoms with Gasteiger partial charge < -0.3 is 19.6 Å². The Kier molecular flexibility index (Phi) is 6.57. The first kappa shape index (κ1) is 26.4. The second-order valence-corrected chi connectivity index (χ2v) is 13.1. The molecule has 0 aromatic carbocycles. The number of anilines is 1.